The molecule has 4 heterocycles. The fourth-order valence-electron chi connectivity index (χ4n) is 3.81. The maximum atomic E-state index is 13.4. The van der Waals surface area contributed by atoms with Gasteiger partial charge in [0.05, 0.1) is 33.9 Å². The second-order valence-corrected chi connectivity index (χ2v) is 9.91. The molecule has 10 nitrogen and oxygen atoms in total. The molecule has 0 fully saturated rings. The Kier molecular flexibility index (Phi) is 4.94. The van der Waals surface area contributed by atoms with E-state index in [1.54, 1.807) is 6.07 Å². The Morgan fingerprint density at radius 3 is 2.64 bits per heavy atom. The van der Waals surface area contributed by atoms with Crippen LogP contribution in [0.1, 0.15) is 18.7 Å². The third kappa shape index (κ3) is 3.55. The molecule has 1 unspecified atom stereocenters. The summed E-state index contributed by atoms with van der Waals surface area (Å²) >= 11 is 6.21. The SMILES string of the molecule is CC(Nc1ncnc2[nH]cc(S(C)(=O)=O)c12)c1cc2ncc(Cl)n2c(=O)n1-c1ccccc1. The van der Waals surface area contributed by atoms with Gasteiger partial charge in [-0.15, -0.1) is 0 Å². The van der Waals surface area contributed by atoms with Crippen LogP contribution < -0.4 is 11.0 Å². The molecule has 0 aliphatic rings. The normalized spacial score (nSPS) is 12.9. The fraction of sp³-hybridized carbons (Fsp3) is 0.143. The van der Waals surface area contributed by atoms with Crippen molar-refractivity contribution in [3.05, 3.63) is 76.5 Å². The Morgan fingerprint density at radius 1 is 1.15 bits per heavy atom. The fourth-order valence-corrected chi connectivity index (χ4v) is 4.86. The Labute approximate surface area is 192 Å². The largest absolute Gasteiger partial charge is 0.361 e. The number of nitrogens with zero attached hydrogens (tertiary/aromatic N) is 5. The van der Waals surface area contributed by atoms with Crippen molar-refractivity contribution in [3.63, 3.8) is 0 Å². The summed E-state index contributed by atoms with van der Waals surface area (Å²) in [5.41, 5.74) is 1.63. The summed E-state index contributed by atoms with van der Waals surface area (Å²) in [6, 6.07) is 10.4. The lowest BCUT2D eigenvalue weighted by Crippen LogP contribution is -2.30. The number of rotatable bonds is 5. The van der Waals surface area contributed by atoms with Crippen LogP contribution in [-0.4, -0.2) is 43.6 Å². The number of imidazole rings is 1. The molecule has 33 heavy (non-hydrogen) atoms. The van der Waals surface area contributed by atoms with Crippen LogP contribution in [0.15, 0.2) is 64.8 Å². The predicted octanol–water partition coefficient (Wildman–Crippen LogP) is 2.99. The molecule has 1 aromatic carbocycles. The molecule has 0 aliphatic heterocycles. The number of aromatic nitrogens is 6. The average Bonchev–Trinajstić information content (AvgIpc) is 3.39. The van der Waals surface area contributed by atoms with E-state index in [0.29, 0.717) is 33.9 Å². The Balaban J connectivity index is 1.70. The molecule has 0 bridgehead atoms. The second kappa shape index (κ2) is 7.71. The lowest BCUT2D eigenvalue weighted by Gasteiger charge is -2.21. The molecule has 0 amide bonds. The lowest BCUT2D eigenvalue weighted by atomic mass is 10.2. The predicted molar refractivity (Wildman–Crippen MR) is 125 cm³/mol. The summed E-state index contributed by atoms with van der Waals surface area (Å²) in [6.45, 7) is 1.84. The van der Waals surface area contributed by atoms with Gasteiger partial charge in [0.25, 0.3) is 0 Å². The molecule has 1 atom stereocenters. The van der Waals surface area contributed by atoms with E-state index in [0.717, 1.165) is 6.26 Å². The van der Waals surface area contributed by atoms with E-state index in [-0.39, 0.29) is 15.7 Å². The first-order valence-electron chi connectivity index (χ1n) is 9.88. The third-order valence-electron chi connectivity index (χ3n) is 5.31. The van der Waals surface area contributed by atoms with Crippen molar-refractivity contribution >= 4 is 43.9 Å². The summed E-state index contributed by atoms with van der Waals surface area (Å²) < 4.78 is 27.4. The average molecular weight is 484 g/mol. The zero-order chi connectivity index (χ0) is 23.3. The van der Waals surface area contributed by atoms with Crippen LogP contribution in [0.3, 0.4) is 0 Å². The number of fused-ring (bicyclic) bond motifs is 2. The minimum atomic E-state index is -3.53. The molecular formula is C21H18ClN7O3S. The van der Waals surface area contributed by atoms with Gasteiger partial charge in [0.2, 0.25) is 0 Å². The number of nitrogens with one attached hydrogen (secondary N) is 2. The van der Waals surface area contributed by atoms with E-state index in [4.69, 9.17) is 11.6 Å². The second-order valence-electron chi connectivity index (χ2n) is 7.53. The highest BCUT2D eigenvalue weighted by atomic mass is 35.5. The molecule has 0 saturated carbocycles. The van der Waals surface area contributed by atoms with Gasteiger partial charge in [0.15, 0.2) is 9.84 Å². The van der Waals surface area contributed by atoms with Crippen molar-refractivity contribution in [2.24, 2.45) is 0 Å². The number of hydrogen-bond acceptors (Lipinski definition) is 7. The van der Waals surface area contributed by atoms with E-state index in [2.05, 4.69) is 25.3 Å². The highest BCUT2D eigenvalue weighted by Crippen LogP contribution is 2.30. The molecule has 0 saturated heterocycles. The van der Waals surface area contributed by atoms with E-state index < -0.39 is 15.9 Å². The van der Waals surface area contributed by atoms with Gasteiger partial charge >= 0.3 is 5.69 Å². The van der Waals surface area contributed by atoms with Crippen LogP contribution >= 0.6 is 11.6 Å². The molecule has 4 aromatic heterocycles. The van der Waals surface area contributed by atoms with Crippen molar-refractivity contribution in [1.82, 2.24) is 28.9 Å². The molecule has 168 valence electrons. The van der Waals surface area contributed by atoms with E-state index in [1.165, 1.54) is 27.7 Å². The summed E-state index contributed by atoms with van der Waals surface area (Å²) in [5, 5.41) is 3.80. The third-order valence-corrected chi connectivity index (χ3v) is 6.70. The van der Waals surface area contributed by atoms with Crippen molar-refractivity contribution in [2.45, 2.75) is 17.9 Å². The Bertz CT molecular complexity index is 1670. The summed E-state index contributed by atoms with van der Waals surface area (Å²) in [4.78, 5) is 29.0. The van der Waals surface area contributed by atoms with Crippen LogP contribution in [0.5, 0.6) is 0 Å². The van der Waals surface area contributed by atoms with Crippen molar-refractivity contribution in [1.29, 1.82) is 0 Å². The van der Waals surface area contributed by atoms with Gasteiger partial charge < -0.3 is 10.3 Å². The first-order valence-corrected chi connectivity index (χ1v) is 12.2. The molecule has 12 heteroatoms. The number of benzene rings is 1. The van der Waals surface area contributed by atoms with E-state index >= 15 is 0 Å². The van der Waals surface area contributed by atoms with Crippen LogP contribution in [0.25, 0.3) is 22.4 Å². The van der Waals surface area contributed by atoms with Crippen molar-refractivity contribution in [2.75, 3.05) is 11.6 Å². The number of H-pyrrole nitrogens is 1. The monoisotopic (exact) mass is 483 g/mol. The minimum Gasteiger partial charge on any atom is -0.361 e. The van der Waals surface area contributed by atoms with Gasteiger partial charge in [-0.05, 0) is 19.1 Å². The Hall–Kier alpha value is -3.70. The standard InChI is InChI=1S/C21H18ClN7O3S/c1-12(27-20-18-15(33(2,31)32)9-24-19(18)25-11-26-20)14-8-17-23-10-16(22)29(17)21(30)28(14)13-6-4-3-5-7-13/h3-12H,1-2H3,(H2,24,25,26,27). The summed E-state index contributed by atoms with van der Waals surface area (Å²) in [7, 11) is -3.53. The number of halogens is 1. The molecule has 0 aliphatic carbocycles. The summed E-state index contributed by atoms with van der Waals surface area (Å²) in [5.74, 6) is 0.322. The van der Waals surface area contributed by atoms with Crippen molar-refractivity contribution < 1.29 is 8.42 Å². The summed E-state index contributed by atoms with van der Waals surface area (Å²) in [6.07, 6.45) is 5.27. The number of hydrogen-bond donors (Lipinski definition) is 2. The van der Waals surface area contributed by atoms with Gasteiger partial charge in [-0.25, -0.2) is 32.6 Å². The van der Waals surface area contributed by atoms with E-state index in [9.17, 15) is 13.2 Å². The van der Waals surface area contributed by atoms with Crippen LogP contribution in [0, 0.1) is 0 Å². The number of sulfone groups is 1. The minimum absolute atomic E-state index is 0.0868. The highest BCUT2D eigenvalue weighted by Gasteiger charge is 2.22. The van der Waals surface area contributed by atoms with Crippen LogP contribution in [0.2, 0.25) is 5.15 Å². The number of anilines is 1. The van der Waals surface area contributed by atoms with Gasteiger partial charge in [-0.2, -0.15) is 0 Å². The lowest BCUT2D eigenvalue weighted by molar-refractivity contribution is 0.602. The highest BCUT2D eigenvalue weighted by molar-refractivity contribution is 7.91. The van der Waals surface area contributed by atoms with Crippen LogP contribution in [-0.2, 0) is 9.84 Å². The van der Waals surface area contributed by atoms with Gasteiger partial charge in [0.1, 0.15) is 28.6 Å². The molecule has 2 N–H and O–H groups in total. The van der Waals surface area contributed by atoms with Gasteiger partial charge in [0, 0.05) is 18.5 Å². The maximum Gasteiger partial charge on any atom is 0.339 e. The number of para-hydroxylation sites is 1. The molecular weight excluding hydrogens is 466 g/mol. The zero-order valence-corrected chi connectivity index (χ0v) is 19.1. The first-order chi connectivity index (χ1) is 15.8. The first kappa shape index (κ1) is 21.2. The van der Waals surface area contributed by atoms with E-state index in [1.807, 2.05) is 37.3 Å². The van der Waals surface area contributed by atoms with Gasteiger partial charge in [-0.3, -0.25) is 4.57 Å². The van der Waals surface area contributed by atoms with Gasteiger partial charge in [-0.1, -0.05) is 29.8 Å². The zero-order valence-electron chi connectivity index (χ0n) is 17.5. The number of aromatic amines is 1. The maximum absolute atomic E-state index is 13.4. The smallest absolute Gasteiger partial charge is 0.339 e. The molecule has 5 rings (SSSR count). The van der Waals surface area contributed by atoms with Crippen molar-refractivity contribution in [3.8, 4) is 5.69 Å². The van der Waals surface area contributed by atoms with Crippen LogP contribution in [0.4, 0.5) is 5.82 Å². The molecule has 0 radical (unpaired) electrons. The Morgan fingerprint density at radius 2 is 1.91 bits per heavy atom. The topological polar surface area (TPSA) is 127 Å². The quantitative estimate of drug-likeness (QED) is 0.393. The molecule has 0 spiro atoms. The molecule has 5 aromatic rings.